The Labute approximate surface area is 156 Å². The lowest BCUT2D eigenvalue weighted by molar-refractivity contribution is 0.0270. The minimum Gasteiger partial charge on any atom is -0.444 e. The predicted octanol–water partition coefficient (Wildman–Crippen LogP) is 4.81. The fourth-order valence-electron chi connectivity index (χ4n) is 2.96. The molecular formula is C19H23IN2O2. The van der Waals surface area contributed by atoms with Crippen molar-refractivity contribution in [1.82, 2.24) is 9.47 Å². The van der Waals surface area contributed by atoms with Crippen molar-refractivity contribution in [2.24, 2.45) is 7.05 Å². The highest BCUT2D eigenvalue weighted by Crippen LogP contribution is 2.29. The van der Waals surface area contributed by atoms with Gasteiger partial charge in [-0.25, -0.2) is 4.79 Å². The molecular weight excluding hydrogens is 415 g/mol. The van der Waals surface area contributed by atoms with E-state index in [1.54, 1.807) is 4.90 Å². The Kier molecular flexibility index (Phi) is 4.64. The summed E-state index contributed by atoms with van der Waals surface area (Å²) in [5, 5.41) is 1.29. The van der Waals surface area contributed by atoms with Gasteiger partial charge in [0.15, 0.2) is 0 Å². The Morgan fingerprint density at radius 3 is 2.67 bits per heavy atom. The van der Waals surface area contributed by atoms with Crippen LogP contribution in [0.3, 0.4) is 0 Å². The molecule has 0 saturated heterocycles. The second kappa shape index (κ2) is 6.43. The molecule has 1 aromatic heterocycles. The summed E-state index contributed by atoms with van der Waals surface area (Å²) in [4.78, 5) is 13.9. The van der Waals surface area contributed by atoms with Gasteiger partial charge in [0, 0.05) is 40.8 Å². The average Bonchev–Trinajstić information content (AvgIpc) is 2.80. The van der Waals surface area contributed by atoms with E-state index in [-0.39, 0.29) is 6.09 Å². The first-order valence-corrected chi connectivity index (χ1v) is 9.24. The summed E-state index contributed by atoms with van der Waals surface area (Å²) in [6, 6.07) is 6.61. The van der Waals surface area contributed by atoms with Gasteiger partial charge in [-0.15, -0.1) is 0 Å². The van der Waals surface area contributed by atoms with Crippen molar-refractivity contribution in [3.05, 3.63) is 39.6 Å². The third kappa shape index (κ3) is 3.61. The molecule has 128 valence electrons. The van der Waals surface area contributed by atoms with Gasteiger partial charge in [-0.2, -0.15) is 0 Å². The molecule has 0 radical (unpaired) electrons. The lowest BCUT2D eigenvalue weighted by Crippen LogP contribution is -2.39. The van der Waals surface area contributed by atoms with Gasteiger partial charge >= 0.3 is 6.09 Å². The van der Waals surface area contributed by atoms with Crippen molar-refractivity contribution < 1.29 is 9.53 Å². The standard InChI is InChI=1S/C19H23IN2O2/c1-19(2,3)24-18(23)22-9-7-13(8-10-22)14-5-6-15-16(20)12-21(4)17(15)11-14/h5-7,11-12H,8-10H2,1-4H3. The Morgan fingerprint density at radius 1 is 1.29 bits per heavy atom. The SMILES string of the molecule is Cn1cc(I)c2ccc(C3=CCN(C(=O)OC(C)(C)C)CC3)cc21. The summed E-state index contributed by atoms with van der Waals surface area (Å²) in [5.41, 5.74) is 3.33. The van der Waals surface area contributed by atoms with Crippen LogP contribution in [0.2, 0.25) is 0 Å². The maximum absolute atomic E-state index is 12.1. The van der Waals surface area contributed by atoms with E-state index >= 15 is 0 Å². The van der Waals surface area contributed by atoms with E-state index < -0.39 is 5.60 Å². The molecule has 0 N–H and O–H groups in total. The van der Waals surface area contributed by atoms with Crippen molar-refractivity contribution in [3.8, 4) is 0 Å². The van der Waals surface area contributed by atoms with Crippen molar-refractivity contribution in [1.29, 1.82) is 0 Å². The fourth-order valence-corrected chi connectivity index (χ4v) is 3.83. The van der Waals surface area contributed by atoms with E-state index in [0.717, 1.165) is 6.42 Å². The number of nitrogens with zero attached hydrogens (tertiary/aromatic N) is 2. The van der Waals surface area contributed by atoms with Crippen LogP contribution >= 0.6 is 22.6 Å². The van der Waals surface area contributed by atoms with Crippen molar-refractivity contribution >= 4 is 45.2 Å². The predicted molar refractivity (Wildman–Crippen MR) is 106 cm³/mol. The average molecular weight is 438 g/mol. The number of aromatic nitrogens is 1. The number of halogens is 1. The van der Waals surface area contributed by atoms with E-state index in [0.29, 0.717) is 13.1 Å². The third-order valence-electron chi connectivity index (χ3n) is 4.17. The summed E-state index contributed by atoms with van der Waals surface area (Å²) in [7, 11) is 2.08. The smallest absolute Gasteiger partial charge is 0.410 e. The van der Waals surface area contributed by atoms with Crippen molar-refractivity contribution in [2.45, 2.75) is 32.8 Å². The van der Waals surface area contributed by atoms with Gasteiger partial charge in [0.25, 0.3) is 0 Å². The number of amides is 1. The third-order valence-corrected chi connectivity index (χ3v) is 5.03. The number of rotatable bonds is 1. The first-order chi connectivity index (χ1) is 11.2. The number of ether oxygens (including phenoxy) is 1. The highest BCUT2D eigenvalue weighted by Gasteiger charge is 2.24. The number of hydrogen-bond donors (Lipinski definition) is 0. The Morgan fingerprint density at radius 2 is 2.04 bits per heavy atom. The molecule has 3 rings (SSSR count). The molecule has 0 fully saturated rings. The minimum atomic E-state index is -0.449. The molecule has 0 spiro atoms. The van der Waals surface area contributed by atoms with Crippen LogP contribution in [0.1, 0.15) is 32.8 Å². The summed E-state index contributed by atoms with van der Waals surface area (Å²) < 4.78 is 8.88. The van der Waals surface area contributed by atoms with Gasteiger partial charge in [0.05, 0.1) is 0 Å². The molecule has 5 heteroatoms. The largest absolute Gasteiger partial charge is 0.444 e. The normalized spacial score (nSPS) is 15.5. The molecule has 0 atom stereocenters. The molecule has 4 nitrogen and oxygen atoms in total. The van der Waals surface area contributed by atoms with Crippen molar-refractivity contribution in [2.75, 3.05) is 13.1 Å². The van der Waals surface area contributed by atoms with E-state index in [1.165, 1.54) is 25.6 Å². The zero-order valence-electron chi connectivity index (χ0n) is 14.6. The van der Waals surface area contributed by atoms with Crippen molar-refractivity contribution in [3.63, 3.8) is 0 Å². The van der Waals surface area contributed by atoms with Crippen LogP contribution in [-0.4, -0.2) is 34.3 Å². The van der Waals surface area contributed by atoms with E-state index in [2.05, 4.69) is 64.7 Å². The van der Waals surface area contributed by atoms with Gasteiger partial charge in [-0.1, -0.05) is 18.2 Å². The highest BCUT2D eigenvalue weighted by molar-refractivity contribution is 14.1. The molecule has 24 heavy (non-hydrogen) atoms. The number of fused-ring (bicyclic) bond motifs is 1. The number of carbonyl (C=O) groups is 1. The first kappa shape index (κ1) is 17.3. The van der Waals surface area contributed by atoms with Crippen LogP contribution < -0.4 is 0 Å². The van der Waals surface area contributed by atoms with Crippen LogP contribution in [-0.2, 0) is 11.8 Å². The maximum Gasteiger partial charge on any atom is 0.410 e. The molecule has 2 aromatic rings. The zero-order valence-corrected chi connectivity index (χ0v) is 16.8. The molecule has 0 aliphatic carbocycles. The highest BCUT2D eigenvalue weighted by atomic mass is 127. The number of hydrogen-bond acceptors (Lipinski definition) is 2. The summed E-state index contributed by atoms with van der Waals surface area (Å²) in [5.74, 6) is 0. The summed E-state index contributed by atoms with van der Waals surface area (Å²) in [6.45, 7) is 6.99. The van der Waals surface area contributed by atoms with Gasteiger partial charge in [0.1, 0.15) is 5.60 Å². The van der Waals surface area contributed by atoms with Crippen LogP contribution in [0.5, 0.6) is 0 Å². The fraction of sp³-hybridized carbons (Fsp3) is 0.421. The topological polar surface area (TPSA) is 34.5 Å². The zero-order chi connectivity index (χ0) is 17.5. The van der Waals surface area contributed by atoms with E-state index in [4.69, 9.17) is 4.74 Å². The van der Waals surface area contributed by atoms with Gasteiger partial charge in [-0.3, -0.25) is 0 Å². The van der Waals surface area contributed by atoms with Crippen LogP contribution in [0.4, 0.5) is 4.79 Å². The number of benzene rings is 1. The first-order valence-electron chi connectivity index (χ1n) is 8.16. The van der Waals surface area contributed by atoms with Gasteiger partial charge in [-0.05, 0) is 67.0 Å². The van der Waals surface area contributed by atoms with Crippen LogP contribution in [0.25, 0.3) is 16.5 Å². The van der Waals surface area contributed by atoms with E-state index in [1.807, 2.05) is 20.8 Å². The van der Waals surface area contributed by atoms with Gasteiger partial charge in [0.2, 0.25) is 0 Å². The van der Waals surface area contributed by atoms with Crippen LogP contribution in [0, 0.1) is 3.57 Å². The molecule has 0 saturated carbocycles. The number of carbonyl (C=O) groups excluding carboxylic acids is 1. The van der Waals surface area contributed by atoms with Gasteiger partial charge < -0.3 is 14.2 Å². The Hall–Kier alpha value is -1.50. The monoisotopic (exact) mass is 438 g/mol. The molecule has 1 aliphatic rings. The minimum absolute atomic E-state index is 0.231. The summed E-state index contributed by atoms with van der Waals surface area (Å²) >= 11 is 2.37. The molecule has 1 aromatic carbocycles. The van der Waals surface area contributed by atoms with E-state index in [9.17, 15) is 4.79 Å². The molecule has 1 amide bonds. The second-order valence-corrected chi connectivity index (χ2v) is 8.39. The Balaban J connectivity index is 1.78. The quantitative estimate of drug-likeness (QED) is 0.600. The molecule has 2 heterocycles. The molecule has 1 aliphatic heterocycles. The second-order valence-electron chi connectivity index (χ2n) is 7.23. The molecule has 0 bridgehead atoms. The lowest BCUT2D eigenvalue weighted by Gasteiger charge is -2.29. The number of aryl methyl sites for hydroxylation is 1. The summed E-state index contributed by atoms with van der Waals surface area (Å²) in [6.07, 6.45) is 4.91. The maximum atomic E-state index is 12.1. The molecule has 0 unspecified atom stereocenters. The van der Waals surface area contributed by atoms with Crippen LogP contribution in [0.15, 0.2) is 30.5 Å². The Bertz CT molecular complexity index is 815. The lowest BCUT2D eigenvalue weighted by atomic mass is 9.99.